The monoisotopic (exact) mass is 242 g/mol. The van der Waals surface area contributed by atoms with Crippen LogP contribution in [0.1, 0.15) is 46.0 Å². The Morgan fingerprint density at radius 3 is 2.38 bits per heavy atom. The lowest BCUT2D eigenvalue weighted by Gasteiger charge is -2.39. The lowest BCUT2D eigenvalue weighted by atomic mass is 9.89. The summed E-state index contributed by atoms with van der Waals surface area (Å²) in [5.41, 5.74) is 5.99. The van der Waals surface area contributed by atoms with Crippen LogP contribution in [-0.2, 0) is 0 Å². The van der Waals surface area contributed by atoms with Crippen molar-refractivity contribution in [1.82, 2.24) is 4.90 Å². The molecule has 2 nitrogen and oxygen atoms in total. The van der Waals surface area contributed by atoms with E-state index in [0.717, 1.165) is 17.3 Å². The van der Waals surface area contributed by atoms with Crippen LogP contribution in [0, 0.1) is 0 Å². The predicted molar refractivity (Wildman–Crippen MR) is 72.9 cm³/mol. The molecule has 3 heteroatoms. The van der Waals surface area contributed by atoms with Gasteiger partial charge in [-0.15, -0.1) is 0 Å². The smallest absolute Gasteiger partial charge is 0.0199 e. The number of hydrogen-bond donors (Lipinski definition) is 1. The molecule has 1 heterocycles. The first kappa shape index (κ1) is 12.7. The normalized spacial score (nSPS) is 40.5. The molecule has 1 saturated carbocycles. The van der Waals surface area contributed by atoms with Gasteiger partial charge in [0.05, 0.1) is 0 Å². The Bertz CT molecular complexity index is 214. The average molecular weight is 242 g/mol. The van der Waals surface area contributed by atoms with E-state index in [4.69, 9.17) is 5.73 Å². The largest absolute Gasteiger partial charge is 0.328 e. The first-order valence-electron chi connectivity index (χ1n) is 6.83. The molecular weight excluding hydrogens is 216 g/mol. The highest BCUT2D eigenvalue weighted by Gasteiger charge is 2.32. The molecule has 2 fully saturated rings. The van der Waals surface area contributed by atoms with Crippen LogP contribution in [0.4, 0.5) is 0 Å². The van der Waals surface area contributed by atoms with Crippen molar-refractivity contribution >= 4 is 11.8 Å². The van der Waals surface area contributed by atoms with E-state index in [1.54, 1.807) is 0 Å². The van der Waals surface area contributed by atoms with E-state index in [2.05, 4.69) is 30.5 Å². The van der Waals surface area contributed by atoms with Crippen molar-refractivity contribution in [3.63, 3.8) is 0 Å². The van der Waals surface area contributed by atoms with Crippen LogP contribution in [-0.4, -0.2) is 40.6 Å². The fourth-order valence-corrected chi connectivity index (χ4v) is 4.51. The quantitative estimate of drug-likeness (QED) is 0.824. The molecule has 2 atom stereocenters. The average Bonchev–Trinajstić information content (AvgIpc) is 2.69. The second kappa shape index (κ2) is 5.74. The Balaban J connectivity index is 1.89. The van der Waals surface area contributed by atoms with Gasteiger partial charge in [-0.25, -0.2) is 0 Å². The Morgan fingerprint density at radius 2 is 1.88 bits per heavy atom. The summed E-state index contributed by atoms with van der Waals surface area (Å²) in [5, 5.41) is 0.866. The first-order chi connectivity index (χ1) is 7.70. The third-order valence-electron chi connectivity index (χ3n) is 4.22. The Morgan fingerprint density at radius 1 is 1.19 bits per heavy atom. The molecule has 0 aromatic rings. The van der Waals surface area contributed by atoms with Crippen molar-refractivity contribution in [2.24, 2.45) is 5.73 Å². The molecule has 1 aliphatic heterocycles. The van der Waals surface area contributed by atoms with Crippen molar-refractivity contribution in [2.75, 3.05) is 12.3 Å². The molecule has 0 aromatic carbocycles. The number of thioether (sulfide) groups is 1. The summed E-state index contributed by atoms with van der Waals surface area (Å²) in [7, 11) is 0. The predicted octanol–water partition coefficient (Wildman–Crippen LogP) is 2.47. The maximum atomic E-state index is 5.99. The van der Waals surface area contributed by atoms with Crippen molar-refractivity contribution in [3.05, 3.63) is 0 Å². The number of nitrogens with zero attached hydrogens (tertiary/aromatic N) is 1. The standard InChI is InChI=1S/C13H26N2S/c1-3-15(13-8-10(2)16-9-13)12-6-4-11(14)5-7-12/h10-13H,3-9,14H2,1-2H3. The molecule has 0 aromatic heterocycles. The van der Waals surface area contributed by atoms with Gasteiger partial charge in [0.15, 0.2) is 0 Å². The van der Waals surface area contributed by atoms with Crippen molar-refractivity contribution in [3.8, 4) is 0 Å². The van der Waals surface area contributed by atoms with E-state index in [0.29, 0.717) is 6.04 Å². The minimum absolute atomic E-state index is 0.479. The molecule has 1 aliphatic carbocycles. The Labute approximate surface area is 104 Å². The Kier molecular flexibility index (Phi) is 4.57. The van der Waals surface area contributed by atoms with Gasteiger partial charge in [-0.1, -0.05) is 13.8 Å². The van der Waals surface area contributed by atoms with Gasteiger partial charge in [-0.3, -0.25) is 4.90 Å². The molecule has 1 saturated heterocycles. The van der Waals surface area contributed by atoms with E-state index >= 15 is 0 Å². The molecule has 2 rings (SSSR count). The molecule has 2 aliphatic rings. The van der Waals surface area contributed by atoms with Crippen LogP contribution >= 0.6 is 11.8 Å². The van der Waals surface area contributed by atoms with Gasteiger partial charge in [0.2, 0.25) is 0 Å². The molecule has 2 N–H and O–H groups in total. The van der Waals surface area contributed by atoms with Crippen LogP contribution in [0.15, 0.2) is 0 Å². The number of rotatable bonds is 3. The lowest BCUT2D eigenvalue weighted by Crippen LogP contribution is -2.46. The van der Waals surface area contributed by atoms with Gasteiger partial charge in [-0.2, -0.15) is 11.8 Å². The minimum Gasteiger partial charge on any atom is -0.328 e. The molecule has 94 valence electrons. The summed E-state index contributed by atoms with van der Waals surface area (Å²) in [6, 6.07) is 2.14. The van der Waals surface area contributed by atoms with Crippen LogP contribution < -0.4 is 5.73 Å². The highest BCUT2D eigenvalue weighted by Crippen LogP contribution is 2.33. The molecule has 0 bridgehead atoms. The van der Waals surface area contributed by atoms with Gasteiger partial charge >= 0.3 is 0 Å². The SMILES string of the molecule is CCN(C1CCC(N)CC1)C1CSC(C)C1. The zero-order valence-corrected chi connectivity index (χ0v) is 11.5. The van der Waals surface area contributed by atoms with Gasteiger partial charge in [0.1, 0.15) is 0 Å². The zero-order chi connectivity index (χ0) is 11.5. The van der Waals surface area contributed by atoms with Crippen LogP contribution in [0.2, 0.25) is 0 Å². The van der Waals surface area contributed by atoms with Gasteiger partial charge < -0.3 is 5.73 Å². The maximum absolute atomic E-state index is 5.99. The summed E-state index contributed by atoms with van der Waals surface area (Å²) in [5.74, 6) is 1.34. The van der Waals surface area contributed by atoms with Crippen molar-refractivity contribution in [2.45, 2.75) is 69.3 Å². The Hall–Kier alpha value is 0.270. The van der Waals surface area contributed by atoms with E-state index in [-0.39, 0.29) is 0 Å². The fraction of sp³-hybridized carbons (Fsp3) is 1.00. The van der Waals surface area contributed by atoms with Gasteiger partial charge in [0, 0.05) is 29.1 Å². The summed E-state index contributed by atoms with van der Waals surface area (Å²) in [6.45, 7) is 5.91. The summed E-state index contributed by atoms with van der Waals surface area (Å²) in [6.07, 6.45) is 6.50. The summed E-state index contributed by atoms with van der Waals surface area (Å²) in [4.78, 5) is 2.77. The highest BCUT2D eigenvalue weighted by atomic mass is 32.2. The van der Waals surface area contributed by atoms with Crippen LogP contribution in [0.25, 0.3) is 0 Å². The van der Waals surface area contributed by atoms with Gasteiger partial charge in [0.25, 0.3) is 0 Å². The number of nitrogens with two attached hydrogens (primary N) is 1. The molecular formula is C13H26N2S. The summed E-state index contributed by atoms with van der Waals surface area (Å²) < 4.78 is 0. The lowest BCUT2D eigenvalue weighted by molar-refractivity contribution is 0.115. The second-order valence-corrected chi connectivity index (χ2v) is 6.90. The van der Waals surface area contributed by atoms with Crippen molar-refractivity contribution < 1.29 is 0 Å². The van der Waals surface area contributed by atoms with Crippen LogP contribution in [0.3, 0.4) is 0 Å². The van der Waals surface area contributed by atoms with E-state index in [1.165, 1.54) is 44.4 Å². The highest BCUT2D eigenvalue weighted by molar-refractivity contribution is 8.00. The first-order valence-corrected chi connectivity index (χ1v) is 7.88. The zero-order valence-electron chi connectivity index (χ0n) is 10.7. The fourth-order valence-electron chi connectivity index (χ4n) is 3.27. The molecule has 2 unspecified atom stereocenters. The van der Waals surface area contributed by atoms with E-state index < -0.39 is 0 Å². The molecule has 16 heavy (non-hydrogen) atoms. The third-order valence-corrected chi connectivity index (χ3v) is 5.56. The number of hydrogen-bond acceptors (Lipinski definition) is 3. The molecule has 0 spiro atoms. The second-order valence-electron chi connectivity index (χ2n) is 5.43. The van der Waals surface area contributed by atoms with Crippen molar-refractivity contribution in [1.29, 1.82) is 0 Å². The van der Waals surface area contributed by atoms with Gasteiger partial charge in [-0.05, 0) is 38.6 Å². The third kappa shape index (κ3) is 2.93. The molecule has 0 amide bonds. The van der Waals surface area contributed by atoms with E-state index in [9.17, 15) is 0 Å². The molecule has 0 radical (unpaired) electrons. The van der Waals surface area contributed by atoms with E-state index in [1.807, 2.05) is 0 Å². The maximum Gasteiger partial charge on any atom is 0.0199 e. The minimum atomic E-state index is 0.479. The summed E-state index contributed by atoms with van der Waals surface area (Å²) >= 11 is 2.15. The topological polar surface area (TPSA) is 29.3 Å². The van der Waals surface area contributed by atoms with Crippen LogP contribution in [0.5, 0.6) is 0 Å².